The fourth-order valence-corrected chi connectivity index (χ4v) is 4.02. The summed E-state index contributed by atoms with van der Waals surface area (Å²) in [6.07, 6.45) is -4.54. The van der Waals surface area contributed by atoms with Crippen LogP contribution in [-0.4, -0.2) is 85.2 Å². The van der Waals surface area contributed by atoms with Gasteiger partial charge < -0.3 is 24.9 Å². The molecule has 2 aromatic rings. The van der Waals surface area contributed by atoms with Crippen LogP contribution in [0.2, 0.25) is 0 Å². The number of alkyl halides is 3. The van der Waals surface area contributed by atoms with Gasteiger partial charge in [-0.1, -0.05) is 12.1 Å². The summed E-state index contributed by atoms with van der Waals surface area (Å²) in [5, 5.41) is 2.41. The van der Waals surface area contributed by atoms with Crippen LogP contribution in [0.15, 0.2) is 30.3 Å². The first-order valence-electron chi connectivity index (χ1n) is 11.0. The Kier molecular flexibility index (Phi) is 6.59. The fourth-order valence-electron chi connectivity index (χ4n) is 4.02. The molecule has 3 heterocycles. The zero-order valence-corrected chi connectivity index (χ0v) is 18.8. The van der Waals surface area contributed by atoms with E-state index in [1.54, 1.807) is 0 Å². The zero-order valence-electron chi connectivity index (χ0n) is 18.8. The first-order valence-corrected chi connectivity index (χ1v) is 11.0. The molecule has 0 bridgehead atoms. The van der Waals surface area contributed by atoms with Crippen LogP contribution in [0.5, 0.6) is 0 Å². The van der Waals surface area contributed by atoms with Crippen molar-refractivity contribution in [3.8, 4) is 0 Å². The van der Waals surface area contributed by atoms with Crippen LogP contribution in [0.1, 0.15) is 11.3 Å². The van der Waals surface area contributed by atoms with Crippen LogP contribution in [0.3, 0.4) is 0 Å². The maximum absolute atomic E-state index is 13.2. The monoisotopic (exact) mass is 463 g/mol. The average Bonchev–Trinajstić information content (AvgIpc) is 2.79. The van der Waals surface area contributed by atoms with Gasteiger partial charge in [-0.05, 0) is 26.1 Å². The van der Waals surface area contributed by atoms with Crippen molar-refractivity contribution in [1.29, 1.82) is 0 Å². The lowest BCUT2D eigenvalue weighted by molar-refractivity contribution is -0.136. The molecule has 2 fully saturated rings. The smallest absolute Gasteiger partial charge is 0.354 e. The number of amides is 2. The first kappa shape index (κ1) is 23.1. The van der Waals surface area contributed by atoms with E-state index in [4.69, 9.17) is 4.98 Å². The lowest BCUT2D eigenvalue weighted by Gasteiger charge is -2.36. The van der Waals surface area contributed by atoms with Crippen molar-refractivity contribution in [3.05, 3.63) is 41.6 Å². The second kappa shape index (κ2) is 9.42. The van der Waals surface area contributed by atoms with E-state index in [0.29, 0.717) is 32.1 Å². The minimum atomic E-state index is -4.54. The molecule has 0 aliphatic carbocycles. The number of carbonyl (C=O) groups is 1. The molecule has 0 atom stereocenters. The summed E-state index contributed by atoms with van der Waals surface area (Å²) in [5.74, 6) is 1.51. The van der Waals surface area contributed by atoms with Gasteiger partial charge in [-0.2, -0.15) is 18.2 Å². The van der Waals surface area contributed by atoms with E-state index in [1.165, 1.54) is 23.1 Å². The molecule has 0 spiro atoms. The Morgan fingerprint density at radius 3 is 2.24 bits per heavy atom. The summed E-state index contributed by atoms with van der Waals surface area (Å²) in [5.41, 5.74) is -0.226. The van der Waals surface area contributed by atoms with E-state index in [2.05, 4.69) is 27.1 Å². The molecule has 1 aromatic carbocycles. The van der Waals surface area contributed by atoms with E-state index in [9.17, 15) is 18.0 Å². The van der Waals surface area contributed by atoms with Crippen molar-refractivity contribution >= 4 is 23.5 Å². The molecular weight excluding hydrogens is 435 g/mol. The molecule has 1 aromatic heterocycles. The van der Waals surface area contributed by atoms with E-state index >= 15 is 0 Å². The van der Waals surface area contributed by atoms with Crippen LogP contribution in [-0.2, 0) is 6.18 Å². The maximum atomic E-state index is 13.2. The number of urea groups is 1. The lowest BCUT2D eigenvalue weighted by Crippen LogP contribution is -2.50. The van der Waals surface area contributed by atoms with Gasteiger partial charge in [-0.3, -0.25) is 0 Å². The third-order valence-electron chi connectivity index (χ3n) is 5.98. The summed E-state index contributed by atoms with van der Waals surface area (Å²) in [7, 11) is 2.10. The molecule has 0 radical (unpaired) electrons. The van der Waals surface area contributed by atoms with E-state index < -0.39 is 17.8 Å². The summed E-state index contributed by atoms with van der Waals surface area (Å²) < 4.78 is 39.6. The fraction of sp³-hybridized carbons (Fsp3) is 0.500. The topological polar surface area (TPSA) is 67.8 Å². The number of halogens is 3. The van der Waals surface area contributed by atoms with Crippen LogP contribution in [0, 0.1) is 6.92 Å². The molecule has 0 saturated carbocycles. The van der Waals surface area contributed by atoms with E-state index in [-0.39, 0.29) is 5.69 Å². The van der Waals surface area contributed by atoms with Gasteiger partial charge in [0.05, 0.1) is 11.3 Å². The SMILES string of the molecule is Cc1cc(N2CCN(C)CC2)nc(N2CCN(C(=O)Nc3ccccc3C(F)(F)F)CC2)n1. The van der Waals surface area contributed by atoms with Crippen molar-refractivity contribution in [2.75, 3.05) is 74.5 Å². The Labute approximate surface area is 191 Å². The molecule has 2 amide bonds. The molecule has 2 saturated heterocycles. The van der Waals surface area contributed by atoms with Crippen LogP contribution >= 0.6 is 0 Å². The van der Waals surface area contributed by atoms with Crippen molar-refractivity contribution in [2.45, 2.75) is 13.1 Å². The Morgan fingerprint density at radius 2 is 1.58 bits per heavy atom. The molecule has 2 aliphatic rings. The summed E-state index contributed by atoms with van der Waals surface area (Å²) in [6, 6.07) is 6.43. The first-order chi connectivity index (χ1) is 15.7. The maximum Gasteiger partial charge on any atom is 0.418 e. The number of anilines is 3. The molecular formula is C22H28F3N7O. The number of hydrogen-bond donors (Lipinski definition) is 1. The van der Waals surface area contributed by atoms with Crippen LogP contribution < -0.4 is 15.1 Å². The Balaban J connectivity index is 1.39. The van der Waals surface area contributed by atoms with E-state index in [0.717, 1.165) is 43.8 Å². The van der Waals surface area contributed by atoms with Crippen molar-refractivity contribution in [1.82, 2.24) is 19.8 Å². The van der Waals surface area contributed by atoms with Gasteiger partial charge in [0.25, 0.3) is 0 Å². The standard InChI is InChI=1S/C22H28F3N7O/c1-16-15-19(30-9-7-29(2)8-10-30)28-20(26-16)31-11-13-32(14-12-31)21(33)27-18-6-4-3-5-17(18)22(23,24)25/h3-6,15H,7-14H2,1-2H3,(H,27,33). The lowest BCUT2D eigenvalue weighted by atomic mass is 10.1. The average molecular weight is 464 g/mol. The van der Waals surface area contributed by atoms with Crippen molar-refractivity contribution < 1.29 is 18.0 Å². The molecule has 11 heteroatoms. The van der Waals surface area contributed by atoms with Crippen molar-refractivity contribution in [3.63, 3.8) is 0 Å². The summed E-state index contributed by atoms with van der Waals surface area (Å²) in [6.45, 7) is 7.42. The molecule has 1 N–H and O–H groups in total. The Bertz CT molecular complexity index is 984. The Hall–Kier alpha value is -3.08. The van der Waals surface area contributed by atoms with E-state index in [1.807, 2.05) is 17.9 Å². The minimum absolute atomic E-state index is 0.240. The molecule has 8 nitrogen and oxygen atoms in total. The highest BCUT2D eigenvalue weighted by atomic mass is 19.4. The number of para-hydroxylation sites is 1. The highest BCUT2D eigenvalue weighted by Crippen LogP contribution is 2.34. The number of nitrogens with zero attached hydrogens (tertiary/aromatic N) is 6. The number of benzene rings is 1. The van der Waals surface area contributed by atoms with Crippen LogP contribution in [0.4, 0.5) is 35.4 Å². The molecule has 2 aliphatic heterocycles. The van der Waals surface area contributed by atoms with Gasteiger partial charge in [0.2, 0.25) is 5.95 Å². The number of rotatable bonds is 3. The number of nitrogens with one attached hydrogen (secondary N) is 1. The number of aromatic nitrogens is 2. The second-order valence-corrected chi connectivity index (χ2v) is 8.41. The number of piperazine rings is 2. The minimum Gasteiger partial charge on any atom is -0.354 e. The summed E-state index contributed by atoms with van der Waals surface area (Å²) in [4.78, 5) is 30.0. The number of hydrogen-bond acceptors (Lipinski definition) is 6. The number of aryl methyl sites for hydroxylation is 1. The molecule has 4 rings (SSSR count). The predicted molar refractivity (Wildman–Crippen MR) is 121 cm³/mol. The van der Waals surface area contributed by atoms with Gasteiger partial charge in [-0.25, -0.2) is 9.78 Å². The quantitative estimate of drug-likeness (QED) is 0.755. The highest BCUT2D eigenvalue weighted by molar-refractivity contribution is 5.90. The van der Waals surface area contributed by atoms with Gasteiger partial charge in [0.1, 0.15) is 5.82 Å². The third kappa shape index (κ3) is 5.47. The second-order valence-electron chi connectivity index (χ2n) is 8.41. The van der Waals surface area contributed by atoms with Crippen molar-refractivity contribution in [2.24, 2.45) is 0 Å². The molecule has 33 heavy (non-hydrogen) atoms. The highest BCUT2D eigenvalue weighted by Gasteiger charge is 2.34. The molecule has 178 valence electrons. The van der Waals surface area contributed by atoms with Crippen LogP contribution in [0.25, 0.3) is 0 Å². The Morgan fingerprint density at radius 1 is 0.939 bits per heavy atom. The van der Waals surface area contributed by atoms with Gasteiger partial charge in [0, 0.05) is 64.1 Å². The van der Waals surface area contributed by atoms with Gasteiger partial charge >= 0.3 is 12.2 Å². The summed E-state index contributed by atoms with van der Waals surface area (Å²) >= 11 is 0. The third-order valence-corrected chi connectivity index (χ3v) is 5.98. The van der Waals surface area contributed by atoms with Gasteiger partial charge in [-0.15, -0.1) is 0 Å². The number of likely N-dealkylation sites (N-methyl/N-ethyl adjacent to an activating group) is 1. The normalized spacial score (nSPS) is 17.9. The zero-order chi connectivity index (χ0) is 23.6. The van der Waals surface area contributed by atoms with Gasteiger partial charge in [0.15, 0.2) is 0 Å². The molecule has 0 unspecified atom stereocenters. The largest absolute Gasteiger partial charge is 0.418 e. The predicted octanol–water partition coefficient (Wildman–Crippen LogP) is 2.91. The number of carbonyl (C=O) groups excluding carboxylic acids is 1.